The molecule has 0 spiro atoms. The van der Waals surface area contributed by atoms with Crippen LogP contribution in [0.15, 0.2) is 0 Å². The van der Waals surface area contributed by atoms with E-state index in [9.17, 15) is 23.1 Å². The van der Waals surface area contributed by atoms with Gasteiger partial charge in [-0.2, -0.15) is 17.0 Å². The van der Waals surface area contributed by atoms with Crippen molar-refractivity contribution in [3.05, 3.63) is 0 Å². The van der Waals surface area contributed by atoms with Gasteiger partial charge in [0.1, 0.15) is 11.6 Å². The zero-order chi connectivity index (χ0) is 21.7. The Labute approximate surface area is 164 Å². The minimum Gasteiger partial charge on any atom is -0.480 e. The van der Waals surface area contributed by atoms with Crippen molar-refractivity contribution in [1.82, 2.24) is 8.61 Å². The van der Waals surface area contributed by atoms with E-state index < -0.39 is 59.9 Å². The second-order valence-corrected chi connectivity index (χ2v) is 8.99. The summed E-state index contributed by atoms with van der Waals surface area (Å²) in [7, 11) is -5.73. The molecule has 1 aliphatic heterocycles. The fourth-order valence-corrected chi connectivity index (χ4v) is 5.05. The van der Waals surface area contributed by atoms with Gasteiger partial charge in [0.05, 0.1) is 0 Å². The quantitative estimate of drug-likeness (QED) is 0.179. The van der Waals surface area contributed by atoms with Crippen molar-refractivity contribution in [2.24, 2.45) is 17.4 Å². The molecule has 1 fully saturated rings. The summed E-state index contributed by atoms with van der Waals surface area (Å²) >= 11 is 0. The van der Waals surface area contributed by atoms with Crippen molar-refractivity contribution in [3.8, 4) is 0 Å². The second kappa shape index (κ2) is 9.96. The zero-order valence-corrected chi connectivity index (χ0v) is 16.6. The summed E-state index contributed by atoms with van der Waals surface area (Å²) in [4.78, 5) is 22.7. The first-order chi connectivity index (χ1) is 12.9. The highest BCUT2D eigenvalue weighted by atomic mass is 32.2. The van der Waals surface area contributed by atoms with Crippen LogP contribution in [0.5, 0.6) is 0 Å². The highest BCUT2D eigenvalue weighted by Gasteiger charge is 2.53. The predicted molar refractivity (Wildman–Crippen MR) is 100 cm³/mol. The summed E-state index contributed by atoms with van der Waals surface area (Å²) < 4.78 is 27.8. The van der Waals surface area contributed by atoms with Crippen molar-refractivity contribution in [1.29, 1.82) is 0 Å². The molecule has 0 saturated carbocycles. The van der Waals surface area contributed by atoms with Gasteiger partial charge in [-0.3, -0.25) is 9.59 Å². The average Bonchev–Trinajstić information content (AvgIpc) is 2.93. The number of hydrogen-bond donors (Lipinski definition) is 6. The summed E-state index contributed by atoms with van der Waals surface area (Å²) in [5.41, 5.74) is 9.65. The van der Waals surface area contributed by atoms with Gasteiger partial charge < -0.3 is 31.7 Å². The van der Waals surface area contributed by atoms with Crippen LogP contribution >= 0.6 is 0 Å². The maximum Gasteiger partial charge on any atom is 0.451 e. The van der Waals surface area contributed by atoms with Gasteiger partial charge in [0.15, 0.2) is 0 Å². The Morgan fingerprint density at radius 3 is 2.43 bits per heavy atom. The lowest BCUT2D eigenvalue weighted by molar-refractivity contribution is -0.144. The van der Waals surface area contributed by atoms with E-state index in [1.165, 1.54) is 0 Å². The lowest BCUT2D eigenvalue weighted by Crippen LogP contribution is -2.56. The summed E-state index contributed by atoms with van der Waals surface area (Å²) in [5.74, 6) is -3.45. The van der Waals surface area contributed by atoms with Crippen LogP contribution in [0, 0.1) is 5.92 Å². The number of hydrogen-bond acceptors (Lipinski definition) is 8. The van der Waals surface area contributed by atoms with Gasteiger partial charge in [0.2, 0.25) is 0 Å². The van der Waals surface area contributed by atoms with Gasteiger partial charge in [-0.1, -0.05) is 13.3 Å². The normalized spacial score (nSPS) is 24.4. The Balaban J connectivity index is 3.05. The third kappa shape index (κ3) is 5.86. The molecule has 162 valence electrons. The smallest absolute Gasteiger partial charge is 0.451 e. The lowest BCUT2D eigenvalue weighted by Gasteiger charge is -2.28. The van der Waals surface area contributed by atoms with Crippen LogP contribution in [0.4, 0.5) is 0 Å². The molecule has 1 heterocycles. The molecule has 0 amide bonds. The van der Waals surface area contributed by atoms with E-state index in [0.29, 0.717) is 6.42 Å². The summed E-state index contributed by atoms with van der Waals surface area (Å²) in [5, 5.41) is 36.4. The molecule has 0 bridgehead atoms. The molecule has 14 heteroatoms. The number of carbonyl (C=O) groups is 2. The van der Waals surface area contributed by atoms with Crippen LogP contribution in [-0.2, 0) is 19.8 Å². The van der Waals surface area contributed by atoms with Crippen molar-refractivity contribution in [3.63, 3.8) is 0 Å². The van der Waals surface area contributed by atoms with Gasteiger partial charge in [-0.15, -0.1) is 0 Å². The second-order valence-electron chi connectivity index (χ2n) is 7.06. The highest BCUT2D eigenvalue weighted by Crippen LogP contribution is 2.33. The molecule has 8 N–H and O–H groups in total. The molecule has 1 saturated heterocycles. The molecule has 0 aliphatic carbocycles. The van der Waals surface area contributed by atoms with Gasteiger partial charge in [-0.05, 0) is 19.2 Å². The minimum absolute atomic E-state index is 0.00831. The standard InChI is InChI=1S/C14H29BN4O8S/c1-2-6-18(8-11(16)12(20)21)28(26,27)19-7-10(4-3-5-15(24)25)14(17,9-19)13(22)23/h10-11,24-25H,2-9,16-17H2,1H3,(H,20,21)(H,22,23)/t10-,11?,14-/m0/s1. The van der Waals surface area contributed by atoms with Gasteiger partial charge in [0.25, 0.3) is 10.2 Å². The lowest BCUT2D eigenvalue weighted by atomic mass is 9.78. The van der Waals surface area contributed by atoms with Crippen molar-refractivity contribution in [2.75, 3.05) is 26.2 Å². The molecule has 0 aromatic carbocycles. The van der Waals surface area contributed by atoms with Crippen molar-refractivity contribution < 1.29 is 38.3 Å². The monoisotopic (exact) mass is 424 g/mol. The molecule has 3 atom stereocenters. The number of nitrogens with two attached hydrogens (primary N) is 2. The number of rotatable bonds is 12. The zero-order valence-electron chi connectivity index (χ0n) is 15.8. The van der Waals surface area contributed by atoms with E-state index in [1.54, 1.807) is 6.92 Å². The van der Waals surface area contributed by atoms with E-state index in [0.717, 1.165) is 8.61 Å². The highest BCUT2D eigenvalue weighted by molar-refractivity contribution is 7.86. The molecule has 28 heavy (non-hydrogen) atoms. The van der Waals surface area contributed by atoms with E-state index >= 15 is 0 Å². The van der Waals surface area contributed by atoms with Crippen molar-refractivity contribution >= 4 is 29.3 Å². The first kappa shape index (κ1) is 24.8. The van der Waals surface area contributed by atoms with Crippen LogP contribution < -0.4 is 11.5 Å². The largest absolute Gasteiger partial charge is 0.480 e. The Morgan fingerprint density at radius 2 is 1.96 bits per heavy atom. The third-order valence-electron chi connectivity index (χ3n) is 4.85. The third-order valence-corrected chi connectivity index (χ3v) is 6.76. The van der Waals surface area contributed by atoms with Crippen LogP contribution in [0.1, 0.15) is 26.2 Å². The van der Waals surface area contributed by atoms with E-state index in [-0.39, 0.29) is 32.3 Å². The molecule has 0 radical (unpaired) electrons. The molecular formula is C14H29BN4O8S. The topological polar surface area (TPSA) is 208 Å². The Morgan fingerprint density at radius 1 is 1.36 bits per heavy atom. The maximum absolute atomic E-state index is 13.0. The predicted octanol–water partition coefficient (Wildman–Crippen LogP) is -2.68. The number of nitrogens with zero attached hydrogens (tertiary/aromatic N) is 2. The molecule has 0 aromatic rings. The SMILES string of the molecule is CCCN(CC(N)C(=O)O)S(=O)(=O)N1C[C@H](CCCB(O)O)[C@](N)(C(=O)O)C1. The number of carboxylic acids is 2. The molecule has 1 unspecified atom stereocenters. The maximum atomic E-state index is 13.0. The first-order valence-corrected chi connectivity index (χ1v) is 10.4. The molecule has 12 nitrogen and oxygen atoms in total. The van der Waals surface area contributed by atoms with Gasteiger partial charge in [-0.25, -0.2) is 0 Å². The van der Waals surface area contributed by atoms with E-state index in [1.807, 2.05) is 0 Å². The minimum atomic E-state index is -4.19. The Bertz CT molecular complexity index is 664. The van der Waals surface area contributed by atoms with Crippen LogP contribution in [0.25, 0.3) is 0 Å². The Hall–Kier alpha value is -1.29. The van der Waals surface area contributed by atoms with Crippen LogP contribution in [0.3, 0.4) is 0 Å². The van der Waals surface area contributed by atoms with Crippen molar-refractivity contribution in [2.45, 2.75) is 44.1 Å². The van der Waals surface area contributed by atoms with Gasteiger partial charge in [0, 0.05) is 32.1 Å². The summed E-state index contributed by atoms with van der Waals surface area (Å²) in [6.45, 7) is 0.640. The number of aliphatic carboxylic acids is 2. The van der Waals surface area contributed by atoms with Crippen LogP contribution in [0.2, 0.25) is 6.32 Å². The fourth-order valence-electron chi connectivity index (χ4n) is 3.22. The Kier molecular flexibility index (Phi) is 8.80. The summed E-state index contributed by atoms with van der Waals surface area (Å²) in [6.07, 6.45) is 0.859. The molecule has 1 rings (SSSR count). The number of carboxylic acid groups (broad SMARTS) is 2. The van der Waals surface area contributed by atoms with E-state index in [4.69, 9.17) is 26.6 Å². The summed E-state index contributed by atoms with van der Waals surface area (Å²) in [6, 6.07) is -1.42. The molecular weight excluding hydrogens is 395 g/mol. The van der Waals surface area contributed by atoms with Crippen LogP contribution in [-0.4, -0.2) is 94.1 Å². The fraction of sp³-hybridized carbons (Fsp3) is 0.857. The molecule has 1 aliphatic rings. The van der Waals surface area contributed by atoms with E-state index in [2.05, 4.69) is 0 Å². The first-order valence-electron chi connectivity index (χ1n) is 8.98. The molecule has 0 aromatic heterocycles. The van der Waals surface area contributed by atoms with Gasteiger partial charge >= 0.3 is 19.1 Å². The average molecular weight is 424 g/mol.